The first-order valence-corrected chi connectivity index (χ1v) is 10.3. The number of halogens is 4. The number of rotatable bonds is 7. The molecule has 3 rings (SSSR count). The fourth-order valence-electron chi connectivity index (χ4n) is 2.47. The Bertz CT molecular complexity index is 1100. The van der Waals surface area contributed by atoms with Crippen LogP contribution in [0.4, 0.5) is 18.9 Å². The lowest BCUT2D eigenvalue weighted by atomic mass is 10.2. The maximum atomic E-state index is 13.0. The molecule has 1 atom stereocenters. The molecule has 1 unspecified atom stereocenters. The minimum absolute atomic E-state index is 0.0826. The van der Waals surface area contributed by atoms with Gasteiger partial charge in [0.05, 0.1) is 23.4 Å². The van der Waals surface area contributed by atoms with Gasteiger partial charge in [0.25, 0.3) is 5.91 Å². The molecule has 168 valence electrons. The molecule has 0 aliphatic heterocycles. The first-order chi connectivity index (χ1) is 15.2. The summed E-state index contributed by atoms with van der Waals surface area (Å²) in [5.74, 6) is 0.193. The van der Waals surface area contributed by atoms with E-state index in [4.69, 9.17) is 16.3 Å². The van der Waals surface area contributed by atoms with Crippen molar-refractivity contribution in [1.82, 2.24) is 10.5 Å². The summed E-state index contributed by atoms with van der Waals surface area (Å²) in [7, 11) is 1.29. The SMILES string of the molecule is CONC(=O)c1cc(Oc2ccc(N[S+]([O-])c3ccc(Cl)c(C(F)(F)F)c3)cc2)ccn1. The topological polar surface area (TPSA) is 95.5 Å². The maximum absolute atomic E-state index is 13.0. The molecule has 0 bridgehead atoms. The predicted molar refractivity (Wildman–Crippen MR) is 112 cm³/mol. The third-order valence-corrected chi connectivity index (χ3v) is 5.35. The van der Waals surface area contributed by atoms with Crippen LogP contribution in [0.5, 0.6) is 11.5 Å². The number of hydroxylamine groups is 1. The van der Waals surface area contributed by atoms with Gasteiger partial charge in [0, 0.05) is 18.3 Å². The second kappa shape index (κ2) is 10.1. The number of alkyl halides is 3. The number of anilines is 1. The van der Waals surface area contributed by atoms with Crippen LogP contribution in [0.25, 0.3) is 0 Å². The van der Waals surface area contributed by atoms with Crippen molar-refractivity contribution in [3.05, 3.63) is 77.1 Å². The third kappa shape index (κ3) is 6.04. The molecule has 0 saturated carbocycles. The van der Waals surface area contributed by atoms with E-state index in [1.807, 2.05) is 0 Å². The van der Waals surface area contributed by atoms with Crippen LogP contribution in [0.15, 0.2) is 65.7 Å². The first-order valence-electron chi connectivity index (χ1n) is 8.80. The van der Waals surface area contributed by atoms with E-state index in [-0.39, 0.29) is 10.6 Å². The Kier molecular flexibility index (Phi) is 7.46. The van der Waals surface area contributed by atoms with Gasteiger partial charge >= 0.3 is 6.18 Å². The Morgan fingerprint density at radius 2 is 1.81 bits per heavy atom. The average Bonchev–Trinajstić information content (AvgIpc) is 2.75. The second-order valence-electron chi connectivity index (χ2n) is 6.15. The Hall–Kier alpha value is -2.99. The molecule has 0 fully saturated rings. The van der Waals surface area contributed by atoms with Crippen molar-refractivity contribution in [3.63, 3.8) is 0 Å². The van der Waals surface area contributed by atoms with Gasteiger partial charge in [-0.25, -0.2) is 10.2 Å². The summed E-state index contributed by atoms with van der Waals surface area (Å²) < 4.78 is 59.7. The fraction of sp³-hybridized carbons (Fsp3) is 0.100. The lowest BCUT2D eigenvalue weighted by Gasteiger charge is -2.14. The van der Waals surface area contributed by atoms with Crippen molar-refractivity contribution in [2.24, 2.45) is 0 Å². The first kappa shape index (κ1) is 23.7. The average molecular weight is 486 g/mol. The number of aromatic nitrogens is 1. The Balaban J connectivity index is 1.68. The minimum Gasteiger partial charge on any atom is -0.588 e. The van der Waals surface area contributed by atoms with Crippen LogP contribution in [-0.2, 0) is 22.4 Å². The van der Waals surface area contributed by atoms with E-state index in [1.165, 1.54) is 37.6 Å². The number of benzene rings is 2. The highest BCUT2D eigenvalue weighted by Gasteiger charge is 2.34. The molecule has 12 heteroatoms. The molecule has 0 radical (unpaired) electrons. The zero-order valence-electron chi connectivity index (χ0n) is 16.3. The zero-order valence-corrected chi connectivity index (χ0v) is 17.8. The van der Waals surface area contributed by atoms with E-state index in [0.717, 1.165) is 12.1 Å². The van der Waals surface area contributed by atoms with Gasteiger partial charge in [-0.05, 0) is 42.5 Å². The number of carbonyl (C=O) groups excluding carboxylic acids is 1. The summed E-state index contributed by atoms with van der Waals surface area (Å²) in [6.07, 6.45) is -3.27. The number of ether oxygens (including phenoxy) is 1. The molecule has 32 heavy (non-hydrogen) atoms. The van der Waals surface area contributed by atoms with Crippen LogP contribution in [0.3, 0.4) is 0 Å². The van der Waals surface area contributed by atoms with Crippen molar-refractivity contribution >= 4 is 34.6 Å². The van der Waals surface area contributed by atoms with Gasteiger partial charge in [-0.1, -0.05) is 11.6 Å². The van der Waals surface area contributed by atoms with Crippen LogP contribution in [0, 0.1) is 0 Å². The van der Waals surface area contributed by atoms with Gasteiger partial charge in [0.1, 0.15) is 28.6 Å². The molecular formula is C20H15ClF3N3O4S. The molecule has 2 N–H and O–H groups in total. The fourth-order valence-corrected chi connectivity index (χ4v) is 3.58. The molecule has 0 spiro atoms. The van der Waals surface area contributed by atoms with Crippen LogP contribution < -0.4 is 14.9 Å². The number of nitrogens with zero attached hydrogens (tertiary/aromatic N) is 1. The van der Waals surface area contributed by atoms with Crippen molar-refractivity contribution in [3.8, 4) is 11.5 Å². The molecule has 3 aromatic rings. The molecule has 7 nitrogen and oxygen atoms in total. The van der Waals surface area contributed by atoms with Crippen molar-refractivity contribution in [2.75, 3.05) is 11.8 Å². The van der Waals surface area contributed by atoms with E-state index in [1.54, 1.807) is 18.2 Å². The van der Waals surface area contributed by atoms with Gasteiger partial charge in [0.2, 0.25) is 0 Å². The predicted octanol–water partition coefficient (Wildman–Crippen LogP) is 4.97. The van der Waals surface area contributed by atoms with Gasteiger partial charge in [-0.15, -0.1) is 0 Å². The van der Waals surface area contributed by atoms with Gasteiger partial charge in [0.15, 0.2) is 4.90 Å². The van der Waals surface area contributed by atoms with Crippen LogP contribution in [-0.4, -0.2) is 22.6 Å². The summed E-state index contributed by atoms with van der Waals surface area (Å²) in [5, 5.41) is -0.473. The summed E-state index contributed by atoms with van der Waals surface area (Å²) in [4.78, 5) is 20.1. The molecule has 1 amide bonds. The molecule has 0 aliphatic carbocycles. The summed E-state index contributed by atoms with van der Waals surface area (Å²) in [6.45, 7) is 0. The number of hydrogen-bond donors (Lipinski definition) is 2. The monoisotopic (exact) mass is 485 g/mol. The number of hydrogen-bond acceptors (Lipinski definition) is 6. The van der Waals surface area contributed by atoms with Gasteiger partial charge in [-0.2, -0.15) is 13.2 Å². The van der Waals surface area contributed by atoms with Crippen molar-refractivity contribution in [1.29, 1.82) is 0 Å². The molecule has 1 aromatic heterocycles. The zero-order chi connectivity index (χ0) is 23.3. The highest BCUT2D eigenvalue weighted by atomic mass is 35.5. The largest absolute Gasteiger partial charge is 0.588 e. The van der Waals surface area contributed by atoms with Gasteiger partial charge < -0.3 is 9.29 Å². The van der Waals surface area contributed by atoms with E-state index >= 15 is 0 Å². The number of pyridine rings is 1. The highest BCUT2D eigenvalue weighted by Crippen LogP contribution is 2.36. The Morgan fingerprint density at radius 3 is 2.47 bits per heavy atom. The third-order valence-electron chi connectivity index (χ3n) is 3.92. The van der Waals surface area contributed by atoms with Gasteiger partial charge in [-0.3, -0.25) is 14.6 Å². The molecular weight excluding hydrogens is 471 g/mol. The molecule has 0 aliphatic rings. The standard InChI is InChI=1S/C20H15ClF3N3O4S/c1-30-26-19(28)18-10-14(8-9-25-18)31-13-4-2-12(3-5-13)27-32(29)15-6-7-17(21)16(11-15)20(22,23)24/h2-11,27H,1H3,(H,26,28). The summed E-state index contributed by atoms with van der Waals surface area (Å²) in [5.41, 5.74) is 1.55. The molecule has 2 aromatic carbocycles. The minimum atomic E-state index is -4.66. The lowest BCUT2D eigenvalue weighted by molar-refractivity contribution is -0.137. The summed E-state index contributed by atoms with van der Waals surface area (Å²) in [6, 6.07) is 12.2. The van der Waals surface area contributed by atoms with E-state index in [2.05, 4.69) is 20.0 Å². The van der Waals surface area contributed by atoms with Crippen LogP contribution in [0.2, 0.25) is 5.02 Å². The van der Waals surface area contributed by atoms with Crippen LogP contribution in [0.1, 0.15) is 16.1 Å². The van der Waals surface area contributed by atoms with Crippen LogP contribution >= 0.6 is 11.6 Å². The van der Waals surface area contributed by atoms with Crippen molar-refractivity contribution in [2.45, 2.75) is 11.1 Å². The number of nitrogens with one attached hydrogen (secondary N) is 2. The number of carbonyl (C=O) groups is 1. The quantitative estimate of drug-likeness (QED) is 0.362. The number of amides is 1. The molecule has 0 saturated heterocycles. The smallest absolute Gasteiger partial charge is 0.418 e. The van der Waals surface area contributed by atoms with E-state index in [0.29, 0.717) is 17.2 Å². The molecule has 1 heterocycles. The van der Waals surface area contributed by atoms with E-state index in [9.17, 15) is 22.5 Å². The lowest BCUT2D eigenvalue weighted by Crippen LogP contribution is -2.22. The normalized spacial score (nSPS) is 12.2. The highest BCUT2D eigenvalue weighted by molar-refractivity contribution is 7.92. The maximum Gasteiger partial charge on any atom is 0.418 e. The van der Waals surface area contributed by atoms with E-state index < -0.39 is 34.0 Å². The van der Waals surface area contributed by atoms with Crippen molar-refractivity contribution < 1.29 is 32.1 Å². The Labute approximate surface area is 188 Å². The Morgan fingerprint density at radius 1 is 1.09 bits per heavy atom. The second-order valence-corrected chi connectivity index (χ2v) is 7.77. The summed E-state index contributed by atoms with van der Waals surface area (Å²) >= 11 is 3.63.